The minimum atomic E-state index is -0.956. The second kappa shape index (κ2) is 13.4. The van der Waals surface area contributed by atoms with Crippen LogP contribution in [-0.4, -0.2) is 27.4 Å². The summed E-state index contributed by atoms with van der Waals surface area (Å²) in [6.45, 7) is 19.5. The topological polar surface area (TPSA) is 26.5 Å². The zero-order valence-corrected chi connectivity index (χ0v) is 16.3. The summed E-state index contributed by atoms with van der Waals surface area (Å²) in [5.74, 6) is 0.632. The molecule has 0 heterocycles. The number of nitrogens with zero attached hydrogens (tertiary/aromatic N) is 2. The Labute approximate surface area is 138 Å². The van der Waals surface area contributed by atoms with E-state index >= 15 is 0 Å². The molecule has 0 bridgehead atoms. The summed E-state index contributed by atoms with van der Waals surface area (Å²) in [6.07, 6.45) is 2.00. The van der Waals surface area contributed by atoms with Crippen molar-refractivity contribution in [3.05, 3.63) is 35.1 Å². The van der Waals surface area contributed by atoms with Gasteiger partial charge in [-0.2, -0.15) is 5.70 Å². The Balaban J connectivity index is -0.000000312. The van der Waals surface area contributed by atoms with Crippen LogP contribution in [0, 0.1) is 5.92 Å². The monoisotopic (exact) mass is 342 g/mol. The van der Waals surface area contributed by atoms with E-state index in [0.717, 1.165) is 18.0 Å². The predicted molar refractivity (Wildman–Crippen MR) is 92.9 cm³/mol. The van der Waals surface area contributed by atoms with Gasteiger partial charge in [0.05, 0.1) is 8.07 Å². The van der Waals surface area contributed by atoms with Gasteiger partial charge in [-0.3, -0.25) is 4.99 Å². The van der Waals surface area contributed by atoms with Crippen molar-refractivity contribution >= 4 is 13.8 Å². The molecule has 0 amide bonds. The van der Waals surface area contributed by atoms with Crippen LogP contribution in [0.2, 0.25) is 19.6 Å². The summed E-state index contributed by atoms with van der Waals surface area (Å²) < 4.78 is 0. The van der Waals surface area contributed by atoms with Crippen molar-refractivity contribution in [1.29, 1.82) is 0 Å². The van der Waals surface area contributed by atoms with Crippen molar-refractivity contribution in [3.63, 3.8) is 0 Å². The normalized spacial score (nSPS) is 11.8. The molecule has 4 heteroatoms. The van der Waals surface area contributed by atoms with Gasteiger partial charge < -0.3 is 5.32 Å². The van der Waals surface area contributed by atoms with Gasteiger partial charge in [-0.25, -0.2) is 0 Å². The maximum atomic E-state index is 4.39. The molecule has 120 valence electrons. The third kappa shape index (κ3) is 22.6. The Morgan fingerprint density at radius 1 is 1.30 bits per heavy atom. The zero-order valence-electron chi connectivity index (χ0n) is 14.3. The van der Waals surface area contributed by atoms with E-state index in [1.54, 1.807) is 7.05 Å². The molecule has 0 aliphatic rings. The Morgan fingerprint density at radius 2 is 1.80 bits per heavy atom. The van der Waals surface area contributed by atoms with Gasteiger partial charge in [0.25, 0.3) is 0 Å². The van der Waals surface area contributed by atoms with Crippen molar-refractivity contribution in [2.75, 3.05) is 13.6 Å². The molecule has 0 saturated heterocycles. The molecule has 0 spiro atoms. The van der Waals surface area contributed by atoms with E-state index < -0.39 is 8.07 Å². The number of hydrogen-bond acceptors (Lipinski definition) is 1. The number of rotatable bonds is 5. The minimum absolute atomic E-state index is 0. The van der Waals surface area contributed by atoms with E-state index in [-0.39, 0.29) is 17.1 Å². The minimum Gasteiger partial charge on any atom is -0.688 e. The van der Waals surface area contributed by atoms with Crippen LogP contribution in [0.5, 0.6) is 0 Å². The predicted octanol–water partition coefficient (Wildman–Crippen LogP) is 5.21. The van der Waals surface area contributed by atoms with Crippen LogP contribution in [0.4, 0.5) is 0 Å². The van der Waals surface area contributed by atoms with E-state index in [9.17, 15) is 0 Å². The van der Waals surface area contributed by atoms with Crippen LogP contribution in [0.25, 0.3) is 5.32 Å². The van der Waals surface area contributed by atoms with Crippen LogP contribution < -0.4 is 0 Å². The van der Waals surface area contributed by atoms with Crippen LogP contribution in [0.3, 0.4) is 0 Å². The molecular weight excluding hydrogens is 312 g/mol. The maximum absolute atomic E-state index is 4.39. The Bertz CT molecular complexity index is 346. The largest absolute Gasteiger partial charge is 1.00 e. The van der Waals surface area contributed by atoms with Gasteiger partial charge in [-0.05, 0) is 6.92 Å². The molecule has 0 rings (SSSR count). The van der Waals surface area contributed by atoms with Crippen molar-refractivity contribution in [1.82, 2.24) is 0 Å². The standard InChI is InChI=1S/C10H19N2.C6H12Si.Cu/c1-8(2)7-12-10(4)6-9(3)11-5;1-5-6-7(2,3)4;/h6,8H,7H2,1-5H3;6H,1H2,2-4H3;/q-1;;+1. The molecular formula is C16H31CuN2Si. The van der Waals surface area contributed by atoms with Crippen molar-refractivity contribution in [2.45, 2.75) is 47.3 Å². The van der Waals surface area contributed by atoms with Gasteiger partial charge in [-0.15, -0.1) is 12.3 Å². The number of aliphatic imine (C=N–C) groups is 1. The number of hydrogen-bond donors (Lipinski definition) is 0. The molecule has 0 atom stereocenters. The smallest absolute Gasteiger partial charge is 0.688 e. The first-order valence-corrected chi connectivity index (χ1v) is 10.4. The molecule has 0 radical (unpaired) electrons. The summed E-state index contributed by atoms with van der Waals surface area (Å²) in [4.78, 5) is 4.04. The fourth-order valence-electron chi connectivity index (χ4n) is 1.05. The Morgan fingerprint density at radius 3 is 2.05 bits per heavy atom. The number of allylic oxidation sites excluding steroid dienone is 2. The van der Waals surface area contributed by atoms with Crippen LogP contribution in [0.1, 0.15) is 27.7 Å². The fourth-order valence-corrected chi connectivity index (χ4v) is 1.66. The summed E-state index contributed by atoms with van der Waals surface area (Å²) >= 11 is 0. The summed E-state index contributed by atoms with van der Waals surface area (Å²) in [5, 5.41) is 4.39. The average molecular weight is 343 g/mol. The molecule has 0 aromatic heterocycles. The zero-order chi connectivity index (χ0) is 15.5. The van der Waals surface area contributed by atoms with E-state index in [1.165, 1.54) is 0 Å². The van der Waals surface area contributed by atoms with Gasteiger partial charge in [-0.1, -0.05) is 64.7 Å². The van der Waals surface area contributed by atoms with Gasteiger partial charge in [0, 0.05) is 12.8 Å². The van der Waals surface area contributed by atoms with Crippen molar-refractivity contribution < 1.29 is 17.1 Å². The molecule has 0 aliphatic carbocycles. The van der Waals surface area contributed by atoms with Gasteiger partial charge in [0.15, 0.2) is 0 Å². The van der Waals surface area contributed by atoms with Crippen molar-refractivity contribution in [3.8, 4) is 0 Å². The summed E-state index contributed by atoms with van der Waals surface area (Å²) in [6, 6.07) is 0. The Kier molecular flexibility index (Phi) is 16.5. The molecule has 0 aliphatic heterocycles. The van der Waals surface area contributed by atoms with E-state index in [0.29, 0.717) is 5.92 Å². The second-order valence-corrected chi connectivity index (χ2v) is 11.1. The first-order valence-electron chi connectivity index (χ1n) is 6.78. The molecule has 2 nitrogen and oxygen atoms in total. The molecule has 20 heavy (non-hydrogen) atoms. The van der Waals surface area contributed by atoms with Crippen LogP contribution >= 0.6 is 0 Å². The van der Waals surface area contributed by atoms with E-state index in [2.05, 4.69) is 61.8 Å². The van der Waals surface area contributed by atoms with Crippen molar-refractivity contribution in [2.24, 2.45) is 10.9 Å². The van der Waals surface area contributed by atoms with E-state index in [4.69, 9.17) is 0 Å². The van der Waals surface area contributed by atoms with Crippen LogP contribution in [-0.2, 0) is 17.1 Å². The Hall–Kier alpha value is -0.534. The first-order chi connectivity index (χ1) is 8.62. The molecule has 0 fully saturated rings. The molecule has 0 N–H and O–H groups in total. The second-order valence-electron chi connectivity index (χ2n) is 6.10. The third-order valence-electron chi connectivity index (χ3n) is 2.01. The van der Waals surface area contributed by atoms with E-state index in [1.807, 2.05) is 19.9 Å². The van der Waals surface area contributed by atoms with Crippen LogP contribution in [0.15, 0.2) is 34.8 Å². The third-order valence-corrected chi connectivity index (χ3v) is 3.08. The summed E-state index contributed by atoms with van der Waals surface area (Å²) in [7, 11) is 0.837. The fraction of sp³-hybridized carbons (Fsp3) is 0.625. The molecule has 0 unspecified atom stereocenters. The van der Waals surface area contributed by atoms with Gasteiger partial charge in [0.1, 0.15) is 0 Å². The SMILES string of the molecule is C=C=C[Si](C)(C)C.CN=C(C)C=C(C)[N-]CC(C)C.[Cu+]. The maximum Gasteiger partial charge on any atom is 1.00 e. The van der Waals surface area contributed by atoms with Gasteiger partial charge >= 0.3 is 17.1 Å². The molecule has 0 aromatic carbocycles. The summed E-state index contributed by atoms with van der Waals surface area (Å²) in [5.41, 5.74) is 6.97. The van der Waals surface area contributed by atoms with Gasteiger partial charge in [0.2, 0.25) is 0 Å². The quantitative estimate of drug-likeness (QED) is 0.372. The average Bonchev–Trinajstić information content (AvgIpc) is 2.25. The first kappa shape index (κ1) is 24.5. The molecule has 0 aromatic rings. The molecule has 0 saturated carbocycles.